The van der Waals surface area contributed by atoms with E-state index in [2.05, 4.69) is 9.46 Å². The van der Waals surface area contributed by atoms with Gasteiger partial charge in [0.1, 0.15) is 4.90 Å². The fraction of sp³-hybridized carbons (Fsp3) is 0.368. The molecule has 6 nitrogen and oxygen atoms in total. The Bertz CT molecular complexity index is 1130. The van der Waals surface area contributed by atoms with Crippen molar-refractivity contribution >= 4 is 51.5 Å². The molecule has 1 aliphatic rings. The zero-order valence-corrected chi connectivity index (χ0v) is 19.7. The molecule has 1 heterocycles. The van der Waals surface area contributed by atoms with Crippen LogP contribution in [0.25, 0.3) is 0 Å². The summed E-state index contributed by atoms with van der Waals surface area (Å²) in [6.07, 6.45) is -5.08. The van der Waals surface area contributed by atoms with Gasteiger partial charge in [-0.1, -0.05) is 29.3 Å². The van der Waals surface area contributed by atoms with E-state index in [-0.39, 0.29) is 15.5 Å². The minimum absolute atomic E-state index is 0.0812. The third-order valence-corrected chi connectivity index (χ3v) is 7.27. The Morgan fingerprint density at radius 2 is 1.59 bits per heavy atom. The zero-order chi connectivity index (χ0) is 24.1. The molecule has 13 heteroatoms. The van der Waals surface area contributed by atoms with Crippen molar-refractivity contribution in [2.75, 3.05) is 4.72 Å². The van der Waals surface area contributed by atoms with Crippen LogP contribution in [0.3, 0.4) is 0 Å². The molecule has 2 aromatic rings. The molecule has 2 aromatic carbocycles. The van der Waals surface area contributed by atoms with Crippen molar-refractivity contribution in [2.45, 2.75) is 50.2 Å². The van der Waals surface area contributed by atoms with E-state index >= 15 is 0 Å². The molecule has 0 radical (unpaired) electrons. The topological polar surface area (TPSA) is 73.9 Å². The highest BCUT2D eigenvalue weighted by molar-refractivity contribution is 7.92. The quantitative estimate of drug-likeness (QED) is 0.572. The number of rotatable bonds is 5. The highest BCUT2D eigenvalue weighted by Gasteiger charge is 2.52. The molecule has 0 unspecified atom stereocenters. The van der Waals surface area contributed by atoms with Gasteiger partial charge < -0.3 is 14.0 Å². The van der Waals surface area contributed by atoms with E-state index in [9.17, 15) is 21.6 Å². The maximum Gasteiger partial charge on any atom is 0.573 e. The van der Waals surface area contributed by atoms with E-state index < -0.39 is 51.0 Å². The van der Waals surface area contributed by atoms with E-state index in [0.717, 1.165) is 18.2 Å². The lowest BCUT2D eigenvalue weighted by atomic mass is 9.79. The van der Waals surface area contributed by atoms with Gasteiger partial charge in [-0.25, -0.2) is 8.42 Å². The van der Waals surface area contributed by atoms with Crippen LogP contribution in [0.2, 0.25) is 10.0 Å². The van der Waals surface area contributed by atoms with Gasteiger partial charge in [-0.2, -0.15) is 0 Å². The number of hydrogen-bond donors (Lipinski definition) is 1. The molecule has 0 aliphatic carbocycles. The number of halogens is 5. The van der Waals surface area contributed by atoms with Gasteiger partial charge in [-0.15, -0.1) is 13.2 Å². The lowest BCUT2D eigenvalue weighted by molar-refractivity contribution is -0.274. The molecule has 1 aliphatic heterocycles. The number of benzene rings is 2. The summed E-state index contributed by atoms with van der Waals surface area (Å²) in [4.78, 5) is -0.403. The van der Waals surface area contributed by atoms with Gasteiger partial charge in [0.15, 0.2) is 5.75 Å². The average molecular weight is 512 g/mol. The molecule has 0 amide bonds. The summed E-state index contributed by atoms with van der Waals surface area (Å²) < 4.78 is 82.5. The van der Waals surface area contributed by atoms with Gasteiger partial charge in [-0.3, -0.25) is 4.72 Å². The molecule has 32 heavy (non-hydrogen) atoms. The van der Waals surface area contributed by atoms with Crippen LogP contribution in [0.5, 0.6) is 5.75 Å². The summed E-state index contributed by atoms with van der Waals surface area (Å²) in [5.74, 6) is -0.786. The summed E-state index contributed by atoms with van der Waals surface area (Å²) in [6, 6.07) is 7.22. The highest BCUT2D eigenvalue weighted by atomic mass is 35.5. The summed E-state index contributed by atoms with van der Waals surface area (Å²) in [5.41, 5.74) is -1.70. The first-order valence-corrected chi connectivity index (χ1v) is 11.5. The molecule has 0 atom stereocenters. The molecule has 0 bridgehead atoms. The van der Waals surface area contributed by atoms with E-state index in [1.807, 2.05) is 0 Å². The van der Waals surface area contributed by atoms with Gasteiger partial charge in [0.2, 0.25) is 0 Å². The van der Waals surface area contributed by atoms with Crippen LogP contribution in [0, 0.1) is 0 Å². The van der Waals surface area contributed by atoms with Crippen LogP contribution in [0.4, 0.5) is 18.9 Å². The largest absolute Gasteiger partial charge is 0.573 e. The van der Waals surface area contributed by atoms with Crippen molar-refractivity contribution in [3.63, 3.8) is 0 Å². The minimum atomic E-state index is -5.08. The Morgan fingerprint density at radius 3 is 2.16 bits per heavy atom. The predicted octanol–water partition coefficient (Wildman–Crippen LogP) is 4.99. The Labute approximate surface area is 194 Å². The second-order valence-corrected chi connectivity index (χ2v) is 10.6. The van der Waals surface area contributed by atoms with Gasteiger partial charge in [0, 0.05) is 5.02 Å². The Balaban J connectivity index is 2.00. The van der Waals surface area contributed by atoms with E-state index in [4.69, 9.17) is 32.5 Å². The summed E-state index contributed by atoms with van der Waals surface area (Å²) in [5, 5.41) is -0.0772. The molecular weight excluding hydrogens is 493 g/mol. The lowest BCUT2D eigenvalue weighted by Gasteiger charge is -2.32. The summed E-state index contributed by atoms with van der Waals surface area (Å²) >= 11 is 11.8. The maximum absolute atomic E-state index is 13.0. The van der Waals surface area contributed by atoms with Crippen molar-refractivity contribution in [1.29, 1.82) is 0 Å². The number of hydrogen-bond acceptors (Lipinski definition) is 5. The van der Waals surface area contributed by atoms with Crippen LogP contribution in [0.15, 0.2) is 41.3 Å². The fourth-order valence-corrected chi connectivity index (χ4v) is 4.68. The monoisotopic (exact) mass is 511 g/mol. The lowest BCUT2D eigenvalue weighted by Crippen LogP contribution is -2.41. The molecule has 0 aromatic heterocycles. The number of ether oxygens (including phenoxy) is 1. The Morgan fingerprint density at radius 1 is 1.00 bits per heavy atom. The smallest absolute Gasteiger partial charge is 0.404 e. The average Bonchev–Trinajstić information content (AvgIpc) is 2.84. The first-order chi connectivity index (χ1) is 14.5. The van der Waals surface area contributed by atoms with Crippen molar-refractivity contribution in [3.8, 4) is 5.75 Å². The molecular formula is C19H19BCl2F3NO5S. The molecule has 1 saturated heterocycles. The maximum atomic E-state index is 13.0. The van der Waals surface area contributed by atoms with Gasteiger partial charge >= 0.3 is 13.5 Å². The van der Waals surface area contributed by atoms with Crippen molar-refractivity contribution in [1.82, 2.24) is 0 Å². The summed E-state index contributed by atoms with van der Waals surface area (Å²) in [7, 11) is -5.37. The van der Waals surface area contributed by atoms with Crippen LogP contribution < -0.4 is 14.9 Å². The standard InChI is InChI=1S/C19H19BCl2F3NO5S/c1-17(2)18(3,4)31-20(30-17)11-5-8-14(15(9-11)29-19(23,24)25)26-32(27,28)16-10-12(21)6-7-13(16)22/h5-10,26H,1-4H3. The van der Waals surface area contributed by atoms with Crippen molar-refractivity contribution < 1.29 is 35.6 Å². The Kier molecular flexibility index (Phi) is 6.47. The van der Waals surface area contributed by atoms with Crippen LogP contribution >= 0.6 is 23.2 Å². The first-order valence-electron chi connectivity index (χ1n) is 9.24. The van der Waals surface area contributed by atoms with E-state index in [0.29, 0.717) is 0 Å². The number of anilines is 1. The minimum Gasteiger partial charge on any atom is -0.404 e. The van der Waals surface area contributed by atoms with Crippen molar-refractivity contribution in [3.05, 3.63) is 46.4 Å². The van der Waals surface area contributed by atoms with Crippen LogP contribution in [0.1, 0.15) is 27.7 Å². The van der Waals surface area contributed by atoms with Gasteiger partial charge in [-0.05, 0) is 63.5 Å². The molecule has 3 rings (SSSR count). The van der Waals surface area contributed by atoms with Crippen LogP contribution in [-0.2, 0) is 19.3 Å². The van der Waals surface area contributed by atoms with E-state index in [1.54, 1.807) is 27.7 Å². The molecule has 0 spiro atoms. The van der Waals surface area contributed by atoms with Crippen molar-refractivity contribution in [2.24, 2.45) is 0 Å². The SMILES string of the molecule is CC1(C)OB(c2ccc(NS(=O)(=O)c3cc(Cl)ccc3Cl)c(OC(F)(F)F)c2)OC1(C)C. The van der Waals surface area contributed by atoms with Gasteiger partial charge in [0.25, 0.3) is 10.0 Å². The second kappa shape index (κ2) is 8.29. The normalized spacial score (nSPS) is 18.0. The first kappa shape index (κ1) is 25.0. The Hall–Kier alpha value is -1.66. The third-order valence-electron chi connectivity index (χ3n) is 5.18. The van der Waals surface area contributed by atoms with E-state index in [1.165, 1.54) is 18.2 Å². The molecule has 174 valence electrons. The third kappa shape index (κ3) is 5.28. The number of sulfonamides is 1. The van der Waals surface area contributed by atoms with Gasteiger partial charge in [0.05, 0.1) is 21.9 Å². The molecule has 1 fully saturated rings. The molecule has 1 N–H and O–H groups in total. The fourth-order valence-electron chi connectivity index (χ4n) is 2.84. The zero-order valence-electron chi connectivity index (χ0n) is 17.4. The summed E-state index contributed by atoms with van der Waals surface area (Å²) in [6.45, 7) is 7.16. The van der Waals surface area contributed by atoms with Crippen LogP contribution in [-0.4, -0.2) is 33.1 Å². The second-order valence-electron chi connectivity index (χ2n) is 8.07. The number of nitrogens with one attached hydrogen (secondary N) is 1. The molecule has 0 saturated carbocycles. The highest BCUT2D eigenvalue weighted by Crippen LogP contribution is 2.38. The predicted molar refractivity (Wildman–Crippen MR) is 116 cm³/mol. The number of alkyl halides is 3.